The van der Waals surface area contributed by atoms with Crippen molar-refractivity contribution in [3.8, 4) is 5.75 Å². The van der Waals surface area contributed by atoms with Crippen molar-refractivity contribution in [2.24, 2.45) is 0 Å². The largest absolute Gasteiger partial charge is 0.484 e. The lowest BCUT2D eigenvalue weighted by atomic mass is 10.1. The van der Waals surface area contributed by atoms with Gasteiger partial charge >= 0.3 is 0 Å². The summed E-state index contributed by atoms with van der Waals surface area (Å²) in [5.41, 5.74) is 0.160. The quantitative estimate of drug-likeness (QED) is 0.585. The normalized spacial score (nSPS) is 10.5. The molecule has 2 aromatic rings. The number of Topliss-reactive ketones (excluding diaryl/α,β-unsaturated/α-hetero) is 1. The van der Waals surface area contributed by atoms with E-state index in [2.05, 4.69) is 0 Å². The summed E-state index contributed by atoms with van der Waals surface area (Å²) in [5, 5.41) is 1.47. The van der Waals surface area contributed by atoms with Crippen molar-refractivity contribution in [1.82, 2.24) is 0 Å². The zero-order valence-corrected chi connectivity index (χ0v) is 14.1. The van der Waals surface area contributed by atoms with E-state index in [4.69, 9.17) is 62.7 Å². The van der Waals surface area contributed by atoms with Crippen molar-refractivity contribution < 1.29 is 9.53 Å². The number of ketones is 1. The molecule has 2 rings (SSSR count). The number of halogens is 5. The number of ether oxygens (including phenoxy) is 1. The summed E-state index contributed by atoms with van der Waals surface area (Å²) in [7, 11) is 0. The molecule has 0 heterocycles. The molecule has 21 heavy (non-hydrogen) atoms. The Hall–Kier alpha value is -0.640. The number of carbonyl (C=O) groups is 1. The number of carbonyl (C=O) groups excluding carboxylic acids is 1. The summed E-state index contributed by atoms with van der Waals surface area (Å²) in [6.45, 7) is -0.261. The summed E-state index contributed by atoms with van der Waals surface area (Å²) in [4.78, 5) is 12.1. The summed E-state index contributed by atoms with van der Waals surface area (Å²) in [5.74, 6) is -0.0386. The summed E-state index contributed by atoms with van der Waals surface area (Å²) < 4.78 is 5.36. The van der Waals surface area contributed by atoms with Crippen LogP contribution in [-0.2, 0) is 0 Å². The van der Waals surface area contributed by atoms with E-state index in [9.17, 15) is 4.79 Å². The molecule has 0 aliphatic rings. The van der Waals surface area contributed by atoms with Crippen LogP contribution < -0.4 is 4.74 Å². The maximum Gasteiger partial charge on any atom is 0.203 e. The fraction of sp³-hybridized carbons (Fsp3) is 0.0714. The third-order valence-electron chi connectivity index (χ3n) is 2.54. The first-order chi connectivity index (χ1) is 9.88. The van der Waals surface area contributed by atoms with Crippen LogP contribution in [0.1, 0.15) is 10.4 Å². The van der Waals surface area contributed by atoms with Gasteiger partial charge in [0.2, 0.25) is 5.78 Å². The second-order valence-electron chi connectivity index (χ2n) is 4.03. The fourth-order valence-corrected chi connectivity index (χ4v) is 3.11. The highest BCUT2D eigenvalue weighted by molar-refractivity contribution is 6.42. The zero-order valence-electron chi connectivity index (χ0n) is 10.3. The predicted octanol–water partition coefficient (Wildman–Crippen LogP) is 6.22. The van der Waals surface area contributed by atoms with Crippen LogP contribution in [-0.4, -0.2) is 12.4 Å². The minimum absolute atomic E-state index is 0.160. The lowest BCUT2D eigenvalue weighted by molar-refractivity contribution is 0.0922. The highest BCUT2D eigenvalue weighted by Crippen LogP contribution is 2.31. The minimum atomic E-state index is -0.382. The monoisotopic (exact) mass is 382 g/mol. The molecule has 0 atom stereocenters. The van der Waals surface area contributed by atoms with Gasteiger partial charge in [-0.3, -0.25) is 4.79 Å². The van der Waals surface area contributed by atoms with Gasteiger partial charge in [0.05, 0.1) is 20.6 Å². The van der Waals surface area contributed by atoms with Crippen LogP contribution in [0.5, 0.6) is 5.75 Å². The van der Waals surface area contributed by atoms with E-state index in [0.29, 0.717) is 20.8 Å². The second-order valence-corrected chi connectivity index (χ2v) is 6.13. The Balaban J connectivity index is 2.16. The van der Waals surface area contributed by atoms with Crippen molar-refractivity contribution in [3.63, 3.8) is 0 Å². The van der Waals surface area contributed by atoms with Crippen molar-refractivity contribution in [3.05, 3.63) is 61.0 Å². The van der Waals surface area contributed by atoms with Crippen molar-refractivity contribution >= 4 is 63.8 Å². The van der Waals surface area contributed by atoms with Gasteiger partial charge in [0.15, 0.2) is 6.61 Å². The van der Waals surface area contributed by atoms with Crippen LogP contribution in [0.2, 0.25) is 25.1 Å². The van der Waals surface area contributed by atoms with Crippen LogP contribution in [0.4, 0.5) is 0 Å². The lowest BCUT2D eigenvalue weighted by Crippen LogP contribution is -2.13. The van der Waals surface area contributed by atoms with Crippen molar-refractivity contribution in [2.75, 3.05) is 6.61 Å². The van der Waals surface area contributed by atoms with Crippen LogP contribution in [0, 0.1) is 0 Å². The standard InChI is InChI=1S/C14H7Cl5O2/c15-7-1-2-13(9(17)3-7)21-6-12(20)14-10(18)4-8(16)5-11(14)19/h1-5H,6H2. The molecule has 0 N–H and O–H groups in total. The molecule has 2 aromatic carbocycles. The molecule has 0 amide bonds. The fourth-order valence-electron chi connectivity index (χ4n) is 1.62. The Morgan fingerprint density at radius 3 is 2.00 bits per heavy atom. The van der Waals surface area contributed by atoms with Gasteiger partial charge in [-0.2, -0.15) is 0 Å². The first-order valence-corrected chi connectivity index (χ1v) is 7.53. The lowest BCUT2D eigenvalue weighted by Gasteiger charge is -2.10. The molecule has 0 saturated heterocycles. The molecule has 2 nitrogen and oxygen atoms in total. The van der Waals surface area contributed by atoms with Crippen LogP contribution in [0.25, 0.3) is 0 Å². The third kappa shape index (κ3) is 4.18. The van der Waals surface area contributed by atoms with Gasteiger partial charge in [-0.05, 0) is 30.3 Å². The minimum Gasteiger partial charge on any atom is -0.484 e. The molecule has 0 radical (unpaired) electrons. The van der Waals surface area contributed by atoms with E-state index < -0.39 is 0 Å². The average Bonchev–Trinajstić information content (AvgIpc) is 2.36. The van der Waals surface area contributed by atoms with Gasteiger partial charge < -0.3 is 4.74 Å². The average molecular weight is 384 g/mol. The molecule has 0 spiro atoms. The smallest absolute Gasteiger partial charge is 0.203 e. The number of hydrogen-bond acceptors (Lipinski definition) is 2. The van der Waals surface area contributed by atoms with Gasteiger partial charge in [-0.15, -0.1) is 0 Å². The highest BCUT2D eigenvalue weighted by atomic mass is 35.5. The molecular weight excluding hydrogens is 377 g/mol. The zero-order chi connectivity index (χ0) is 15.6. The Morgan fingerprint density at radius 1 is 0.857 bits per heavy atom. The Labute approximate surface area is 146 Å². The van der Waals surface area contributed by atoms with E-state index in [0.717, 1.165) is 0 Å². The van der Waals surface area contributed by atoms with Crippen LogP contribution in [0.15, 0.2) is 30.3 Å². The summed E-state index contributed by atoms with van der Waals surface area (Å²) in [6, 6.07) is 7.58. The Morgan fingerprint density at radius 2 is 1.43 bits per heavy atom. The molecule has 0 unspecified atom stereocenters. The maximum atomic E-state index is 12.1. The molecule has 0 aromatic heterocycles. The Bertz CT molecular complexity index is 677. The number of benzene rings is 2. The van der Waals surface area contributed by atoms with E-state index in [-0.39, 0.29) is 28.0 Å². The predicted molar refractivity (Wildman–Crippen MR) is 87.8 cm³/mol. The first kappa shape index (κ1) is 16.7. The molecule has 7 heteroatoms. The molecule has 0 fully saturated rings. The van der Waals surface area contributed by atoms with Gasteiger partial charge in [-0.1, -0.05) is 58.0 Å². The van der Waals surface area contributed by atoms with Gasteiger partial charge in [0.25, 0.3) is 0 Å². The topological polar surface area (TPSA) is 26.3 Å². The molecule has 110 valence electrons. The molecular formula is C14H7Cl5O2. The van der Waals surface area contributed by atoms with Crippen molar-refractivity contribution in [1.29, 1.82) is 0 Å². The van der Waals surface area contributed by atoms with Gasteiger partial charge in [0, 0.05) is 10.0 Å². The highest BCUT2D eigenvalue weighted by Gasteiger charge is 2.17. The van der Waals surface area contributed by atoms with E-state index >= 15 is 0 Å². The van der Waals surface area contributed by atoms with E-state index in [1.165, 1.54) is 18.2 Å². The molecule has 0 aliphatic carbocycles. The van der Waals surface area contributed by atoms with Crippen molar-refractivity contribution in [2.45, 2.75) is 0 Å². The van der Waals surface area contributed by atoms with Crippen LogP contribution >= 0.6 is 58.0 Å². The maximum absolute atomic E-state index is 12.1. The van der Waals surface area contributed by atoms with Gasteiger partial charge in [0.1, 0.15) is 5.75 Å². The van der Waals surface area contributed by atoms with E-state index in [1.54, 1.807) is 12.1 Å². The SMILES string of the molecule is O=C(COc1ccc(Cl)cc1Cl)c1c(Cl)cc(Cl)cc1Cl. The number of hydrogen-bond donors (Lipinski definition) is 0. The molecule has 0 aliphatic heterocycles. The van der Waals surface area contributed by atoms with Gasteiger partial charge in [-0.25, -0.2) is 0 Å². The van der Waals surface area contributed by atoms with E-state index in [1.807, 2.05) is 0 Å². The first-order valence-electron chi connectivity index (χ1n) is 5.64. The summed E-state index contributed by atoms with van der Waals surface area (Å²) in [6.07, 6.45) is 0. The third-order valence-corrected chi connectivity index (χ3v) is 3.88. The molecule has 0 saturated carbocycles. The number of rotatable bonds is 4. The molecule has 0 bridgehead atoms. The summed E-state index contributed by atoms with van der Waals surface area (Å²) >= 11 is 29.5. The second kappa shape index (κ2) is 7.08. The van der Waals surface area contributed by atoms with Crippen LogP contribution in [0.3, 0.4) is 0 Å². The Kier molecular flexibility index (Phi) is 5.64.